The fraction of sp³-hybridized carbons (Fsp3) is 0.333. The van der Waals surface area contributed by atoms with E-state index in [2.05, 4.69) is 85.6 Å². The Kier molecular flexibility index (Phi) is 15.8. The van der Waals surface area contributed by atoms with E-state index in [0.717, 1.165) is 94.0 Å². The van der Waals surface area contributed by atoms with Crippen molar-refractivity contribution < 1.29 is 28.5 Å². The lowest BCUT2D eigenvalue weighted by Crippen LogP contribution is -2.68. The number of rotatable bonds is 10. The van der Waals surface area contributed by atoms with E-state index < -0.39 is 22.8 Å². The molecule has 21 heteroatoms. The van der Waals surface area contributed by atoms with Crippen LogP contribution in [0.5, 0.6) is 11.8 Å². The predicted octanol–water partition coefficient (Wildman–Crippen LogP) is 7.82. The van der Waals surface area contributed by atoms with Crippen LogP contribution in [0.1, 0.15) is 68.4 Å². The number of nitriles is 2. The quantitative estimate of drug-likeness (QED) is 0.125. The second-order valence-electron chi connectivity index (χ2n) is 21.4. The van der Waals surface area contributed by atoms with Crippen LogP contribution in [0, 0.1) is 58.5 Å². The number of aromatic nitrogens is 8. The number of ether oxygens (including phenoxy) is 2. The van der Waals surface area contributed by atoms with E-state index in [-0.39, 0.29) is 11.8 Å². The summed E-state index contributed by atoms with van der Waals surface area (Å²) in [6, 6.07) is 20.9. The minimum atomic E-state index is -1.13. The van der Waals surface area contributed by atoms with Gasteiger partial charge in [0.15, 0.2) is 11.6 Å². The SMILES string of the molecule is C#CC(C)(C)O.COc1ncc(CN2C3CC2CN(c2ccc(-c4cc(Br)cn5ncc(C#N)c45)cn2)C3)cc1F.COc1ncc(CN2C3CC2CN(c2ccc(-c4cc(C#CC(C)(C)O)cn5ncc(C#N)c45)cn2)C3)cc1F. The molecule has 0 spiro atoms. The van der Waals surface area contributed by atoms with Crippen LogP contribution in [-0.4, -0.2) is 135 Å². The highest BCUT2D eigenvalue weighted by Gasteiger charge is 2.46. The van der Waals surface area contributed by atoms with Crippen LogP contribution in [0.2, 0.25) is 0 Å². The smallest absolute Gasteiger partial charge is 0.250 e. The number of fused-ring (bicyclic) bond motifs is 6. The fourth-order valence-corrected chi connectivity index (χ4v) is 11.1. The van der Waals surface area contributed by atoms with Gasteiger partial charge >= 0.3 is 0 Å². The van der Waals surface area contributed by atoms with E-state index in [9.17, 15) is 24.4 Å². The molecule has 14 heterocycles. The maximum absolute atomic E-state index is 14.1. The number of hydrogen-bond donors (Lipinski definition) is 2. The van der Waals surface area contributed by atoms with Crippen LogP contribution in [-0.2, 0) is 13.1 Å². The van der Waals surface area contributed by atoms with Crippen molar-refractivity contribution in [3.8, 4) is 70.3 Å². The maximum atomic E-state index is 14.1. The standard InChI is InChI=1S/C30H28FN7O2.C25H21BrFN7O.C5H8O/c1-30(2,39)7-6-19-8-25(28-22(11-32)14-35-38(28)16-19)21-4-5-27(33-13-21)36-17-23-10-24(18-36)37(23)15-20-9-26(31)29(40-3)34-12-20;1-35-25-22(27)4-15(8-30-25)11-33-19-6-20(33)14-32(13-19)23-3-2-16(9-29-23)21-5-18(26)12-34-24(21)17(7-28)10-31-34;1-4-5(2,3)6/h4-5,8-9,12-14,16,23-24,39H,10,15,17-18H2,1-3H3;2-5,8-10,12,19-20H,6,11,13-14H2,1H3;1,6H,2-3H3. The summed E-state index contributed by atoms with van der Waals surface area (Å²) in [5.74, 6) is 8.99. The summed E-state index contributed by atoms with van der Waals surface area (Å²) in [5.41, 5.74) is 6.21. The molecule has 6 aliphatic heterocycles. The molecule has 81 heavy (non-hydrogen) atoms. The van der Waals surface area contributed by atoms with Gasteiger partial charge in [0, 0.05) is 133 Å². The number of aliphatic hydroxyl groups is 2. The van der Waals surface area contributed by atoms with Gasteiger partial charge < -0.3 is 29.5 Å². The molecule has 4 atom stereocenters. The van der Waals surface area contributed by atoms with Gasteiger partial charge in [-0.25, -0.2) is 37.7 Å². The molecule has 8 aromatic rings. The van der Waals surface area contributed by atoms with Crippen LogP contribution in [0.4, 0.5) is 20.4 Å². The van der Waals surface area contributed by atoms with Crippen molar-refractivity contribution >= 4 is 38.6 Å². The molecule has 8 aromatic heterocycles. The molecule has 6 saturated heterocycles. The highest BCUT2D eigenvalue weighted by molar-refractivity contribution is 9.10. The Hall–Kier alpha value is -8.54. The normalized spacial score (nSPS) is 18.3. The zero-order valence-corrected chi connectivity index (χ0v) is 47.0. The first-order chi connectivity index (χ1) is 38.8. The molecule has 4 unspecified atom stereocenters. The topological polar surface area (TPSA) is 206 Å². The van der Waals surface area contributed by atoms with Crippen molar-refractivity contribution in [2.24, 2.45) is 0 Å². The average molecular weight is 1160 g/mol. The number of halogens is 3. The molecule has 0 aromatic carbocycles. The highest BCUT2D eigenvalue weighted by atomic mass is 79.9. The van der Waals surface area contributed by atoms with Crippen LogP contribution >= 0.6 is 15.9 Å². The number of methoxy groups -OCH3 is 2. The third-order valence-corrected chi connectivity index (χ3v) is 15.0. The largest absolute Gasteiger partial charge is 0.479 e. The van der Waals surface area contributed by atoms with Gasteiger partial charge in [0.05, 0.1) is 48.8 Å². The van der Waals surface area contributed by atoms with E-state index in [1.54, 1.807) is 61.5 Å². The number of pyridine rings is 6. The van der Waals surface area contributed by atoms with Crippen molar-refractivity contribution in [1.82, 2.24) is 49.0 Å². The summed E-state index contributed by atoms with van der Waals surface area (Å²) >= 11 is 3.53. The fourth-order valence-electron chi connectivity index (χ4n) is 10.7. The molecule has 6 aliphatic rings. The number of anilines is 2. The number of nitrogens with zero attached hydrogens (tertiary/aromatic N) is 14. The lowest BCUT2D eigenvalue weighted by Gasteiger charge is -2.56. The number of hydrogen-bond acceptors (Lipinski definition) is 16. The third kappa shape index (κ3) is 12.1. The molecule has 0 radical (unpaired) electrons. The molecule has 0 saturated carbocycles. The Morgan fingerprint density at radius 3 is 1.47 bits per heavy atom. The van der Waals surface area contributed by atoms with Gasteiger partial charge in [-0.3, -0.25) is 9.80 Å². The Morgan fingerprint density at radius 1 is 0.642 bits per heavy atom. The monoisotopic (exact) mass is 1150 g/mol. The molecule has 0 aliphatic carbocycles. The molecule has 4 bridgehead atoms. The number of piperidine rings is 2. The van der Waals surface area contributed by atoms with Crippen LogP contribution in [0.25, 0.3) is 33.3 Å². The van der Waals surface area contributed by atoms with Gasteiger partial charge in [-0.05, 0) is 116 Å². The number of terminal acetylenes is 1. The lowest BCUT2D eigenvalue weighted by molar-refractivity contribution is -0.00886. The highest BCUT2D eigenvalue weighted by Crippen LogP contribution is 2.39. The van der Waals surface area contributed by atoms with Crippen molar-refractivity contribution in [3.05, 3.63) is 142 Å². The first-order valence-corrected chi connectivity index (χ1v) is 26.9. The van der Waals surface area contributed by atoms with Gasteiger partial charge in [-0.2, -0.15) is 20.7 Å². The van der Waals surface area contributed by atoms with Crippen molar-refractivity contribution in [3.63, 3.8) is 0 Å². The van der Waals surface area contributed by atoms with Crippen LogP contribution < -0.4 is 19.3 Å². The summed E-state index contributed by atoms with van der Waals surface area (Å²) in [6.07, 6.45) is 20.8. The second-order valence-corrected chi connectivity index (χ2v) is 22.3. The minimum Gasteiger partial charge on any atom is -0.479 e. The van der Waals surface area contributed by atoms with Gasteiger partial charge in [-0.15, -0.1) is 6.42 Å². The van der Waals surface area contributed by atoms with Crippen molar-refractivity contribution in [2.45, 2.75) is 89.0 Å². The zero-order chi connectivity index (χ0) is 57.3. The Labute approximate surface area is 476 Å². The Bertz CT molecular complexity index is 3820. The van der Waals surface area contributed by atoms with Crippen molar-refractivity contribution in [1.29, 1.82) is 10.5 Å². The number of piperazine rings is 2. The summed E-state index contributed by atoms with van der Waals surface area (Å²) in [7, 11) is 2.83. The molecule has 0 amide bonds. The molecule has 6 fully saturated rings. The van der Waals surface area contributed by atoms with Gasteiger partial charge in [0.25, 0.3) is 0 Å². The predicted molar refractivity (Wildman–Crippen MR) is 304 cm³/mol. The molecular weight excluding hydrogens is 1100 g/mol. The second kappa shape index (κ2) is 22.9. The summed E-state index contributed by atoms with van der Waals surface area (Å²) < 4.78 is 42.2. The van der Waals surface area contributed by atoms with E-state index >= 15 is 0 Å². The van der Waals surface area contributed by atoms with E-state index in [0.29, 0.717) is 59.5 Å². The molecule has 18 nitrogen and oxygen atoms in total. The van der Waals surface area contributed by atoms with E-state index in [1.807, 2.05) is 55.0 Å². The van der Waals surface area contributed by atoms with Gasteiger partial charge in [0.2, 0.25) is 11.8 Å². The van der Waals surface area contributed by atoms with Crippen LogP contribution in [0.3, 0.4) is 0 Å². The first kappa shape index (κ1) is 55.8. The van der Waals surface area contributed by atoms with Crippen molar-refractivity contribution in [2.75, 3.05) is 50.2 Å². The maximum Gasteiger partial charge on any atom is 0.250 e. The van der Waals surface area contributed by atoms with E-state index in [4.69, 9.17) is 31.0 Å². The summed E-state index contributed by atoms with van der Waals surface area (Å²) in [6.45, 7) is 11.1. The molecule has 14 rings (SSSR count). The Morgan fingerprint density at radius 2 is 1.09 bits per heavy atom. The molecule has 412 valence electrons. The van der Waals surface area contributed by atoms with Crippen LogP contribution in [0.15, 0.2) is 103 Å². The minimum absolute atomic E-state index is 0.0137. The lowest BCUT2D eigenvalue weighted by atomic mass is 9.87. The van der Waals surface area contributed by atoms with Gasteiger partial charge in [-0.1, -0.05) is 17.8 Å². The van der Waals surface area contributed by atoms with E-state index in [1.165, 1.54) is 32.5 Å². The summed E-state index contributed by atoms with van der Waals surface area (Å²) in [4.78, 5) is 27.1. The first-order valence-electron chi connectivity index (χ1n) is 26.1. The van der Waals surface area contributed by atoms with Gasteiger partial charge in [0.1, 0.15) is 35.0 Å². The summed E-state index contributed by atoms with van der Waals surface area (Å²) in [5, 5.41) is 46.4. The molecule has 2 N–H and O–H groups in total. The molecular formula is C60H57BrF2N14O4. The zero-order valence-electron chi connectivity index (χ0n) is 45.4. The average Bonchev–Trinajstić information content (AvgIpc) is 4.12. The Balaban J connectivity index is 0.000000166. The third-order valence-electron chi connectivity index (χ3n) is 14.6.